The summed E-state index contributed by atoms with van der Waals surface area (Å²) in [6.45, 7) is 7.92. The van der Waals surface area contributed by atoms with Crippen LogP contribution in [0.5, 0.6) is 0 Å². The van der Waals surface area contributed by atoms with Gasteiger partial charge >= 0.3 is 0 Å². The summed E-state index contributed by atoms with van der Waals surface area (Å²) >= 11 is 0. The molecule has 0 spiro atoms. The van der Waals surface area contributed by atoms with Crippen molar-refractivity contribution >= 4 is 0 Å². The highest BCUT2D eigenvalue weighted by atomic mass is 13.9. The number of hydrogen-bond donors (Lipinski definition) is 0. The van der Waals surface area contributed by atoms with Crippen molar-refractivity contribution in [1.29, 1.82) is 0 Å². The maximum atomic E-state index is 3.61. The third-order valence-corrected chi connectivity index (χ3v) is 1.32. The average Bonchev–Trinajstić information content (AvgIpc) is 1.98. The first-order valence-electron chi connectivity index (χ1n) is 3.83. The van der Waals surface area contributed by atoms with Gasteiger partial charge in [-0.3, -0.25) is 0 Å². The molecule has 0 unspecified atom stereocenters. The molecule has 0 aromatic heterocycles. The summed E-state index contributed by atoms with van der Waals surface area (Å²) in [5.74, 6) is 0. The summed E-state index contributed by atoms with van der Waals surface area (Å²) in [5.41, 5.74) is 1.39. The summed E-state index contributed by atoms with van der Waals surface area (Å²) < 4.78 is 0. The Hall–Kier alpha value is -0.780. The molecule has 0 fully saturated rings. The van der Waals surface area contributed by atoms with Gasteiger partial charge in [-0.25, -0.2) is 0 Å². The molecule has 10 heavy (non-hydrogen) atoms. The summed E-state index contributed by atoms with van der Waals surface area (Å²) in [4.78, 5) is 0. The van der Waals surface area contributed by atoms with Gasteiger partial charge in [0.15, 0.2) is 0 Å². The van der Waals surface area contributed by atoms with E-state index in [0.29, 0.717) is 0 Å². The topological polar surface area (TPSA) is 0 Å². The first-order valence-corrected chi connectivity index (χ1v) is 3.83. The van der Waals surface area contributed by atoms with Crippen molar-refractivity contribution in [3.63, 3.8) is 0 Å². The fourth-order valence-corrected chi connectivity index (χ4v) is 0.784. The minimum atomic E-state index is 1.11. The van der Waals surface area contributed by atoms with Crippen LogP contribution in [0.1, 0.15) is 26.7 Å². The fraction of sp³-hybridized carbons (Fsp3) is 0.400. The Bertz CT molecular complexity index is 135. The lowest BCUT2D eigenvalue weighted by Gasteiger charge is -1.92. The van der Waals surface area contributed by atoms with Crippen LogP contribution in [0.3, 0.4) is 0 Å². The Morgan fingerprint density at radius 1 is 1.40 bits per heavy atom. The van der Waals surface area contributed by atoms with Crippen molar-refractivity contribution < 1.29 is 0 Å². The van der Waals surface area contributed by atoms with E-state index in [1.807, 2.05) is 6.08 Å². The summed E-state index contributed by atoms with van der Waals surface area (Å²) in [6, 6.07) is 0. The van der Waals surface area contributed by atoms with Gasteiger partial charge in [-0.1, -0.05) is 50.3 Å². The smallest absolute Gasteiger partial charge is 0.0311 e. The van der Waals surface area contributed by atoms with E-state index in [4.69, 9.17) is 0 Å². The molecule has 0 N–H and O–H groups in total. The van der Waals surface area contributed by atoms with Crippen molar-refractivity contribution in [3.05, 3.63) is 36.5 Å². The molecule has 0 aliphatic carbocycles. The van der Waals surface area contributed by atoms with Gasteiger partial charge in [-0.05, 0) is 12.8 Å². The summed E-state index contributed by atoms with van der Waals surface area (Å²) in [6.07, 6.45) is 10.4. The zero-order valence-corrected chi connectivity index (χ0v) is 6.93. The van der Waals surface area contributed by atoms with Crippen LogP contribution in [0.4, 0.5) is 0 Å². The SMILES string of the molecule is C=C/C=C\C(=C\CC)CC. The molecule has 0 nitrogen and oxygen atoms in total. The normalized spacial score (nSPS) is 12.4. The van der Waals surface area contributed by atoms with E-state index < -0.39 is 0 Å². The highest BCUT2D eigenvalue weighted by Crippen LogP contribution is 2.03. The van der Waals surface area contributed by atoms with Gasteiger partial charge in [-0.2, -0.15) is 0 Å². The van der Waals surface area contributed by atoms with Crippen LogP contribution in [0.15, 0.2) is 36.5 Å². The predicted octanol–water partition coefficient (Wildman–Crippen LogP) is 3.48. The van der Waals surface area contributed by atoms with Gasteiger partial charge in [0.1, 0.15) is 0 Å². The van der Waals surface area contributed by atoms with E-state index in [-0.39, 0.29) is 0 Å². The van der Waals surface area contributed by atoms with Gasteiger partial charge in [0.2, 0.25) is 0 Å². The molecule has 0 amide bonds. The van der Waals surface area contributed by atoms with Crippen LogP contribution in [-0.2, 0) is 0 Å². The minimum Gasteiger partial charge on any atom is -0.0991 e. The van der Waals surface area contributed by atoms with E-state index in [9.17, 15) is 0 Å². The molecule has 0 aromatic rings. The highest BCUT2D eigenvalue weighted by Gasteiger charge is 1.82. The van der Waals surface area contributed by atoms with E-state index in [1.165, 1.54) is 5.57 Å². The standard InChI is InChI=1S/C10H16/c1-4-7-9-10(6-3)8-5-2/h4,7-9H,1,5-6H2,2-3H3/b9-7-,10-8+. The van der Waals surface area contributed by atoms with Crippen LogP contribution in [0, 0.1) is 0 Å². The molecule has 0 radical (unpaired) electrons. The molecular weight excluding hydrogens is 120 g/mol. The quantitative estimate of drug-likeness (QED) is 0.519. The molecule has 0 saturated heterocycles. The zero-order chi connectivity index (χ0) is 7.82. The number of rotatable bonds is 4. The highest BCUT2D eigenvalue weighted by molar-refractivity contribution is 5.20. The van der Waals surface area contributed by atoms with Crippen LogP contribution in [-0.4, -0.2) is 0 Å². The second kappa shape index (κ2) is 6.34. The molecule has 56 valence electrons. The van der Waals surface area contributed by atoms with Crippen LogP contribution < -0.4 is 0 Å². The van der Waals surface area contributed by atoms with E-state index in [1.54, 1.807) is 6.08 Å². The Balaban J connectivity index is 3.94. The van der Waals surface area contributed by atoms with Gasteiger partial charge in [-0.15, -0.1) is 0 Å². The van der Waals surface area contributed by atoms with Gasteiger partial charge in [0.25, 0.3) is 0 Å². The number of allylic oxidation sites excluding steroid dienone is 5. The second-order valence-corrected chi connectivity index (χ2v) is 2.14. The first-order chi connectivity index (χ1) is 4.85. The Morgan fingerprint density at radius 3 is 2.50 bits per heavy atom. The maximum absolute atomic E-state index is 3.61. The zero-order valence-electron chi connectivity index (χ0n) is 6.93. The Kier molecular flexibility index (Phi) is 5.85. The molecule has 0 aliphatic heterocycles. The molecule has 0 heterocycles. The van der Waals surface area contributed by atoms with Crippen molar-refractivity contribution in [2.45, 2.75) is 26.7 Å². The van der Waals surface area contributed by atoms with E-state index in [2.05, 4.69) is 32.6 Å². The largest absolute Gasteiger partial charge is 0.0991 e. The molecule has 0 atom stereocenters. The summed E-state index contributed by atoms with van der Waals surface area (Å²) in [7, 11) is 0. The van der Waals surface area contributed by atoms with Crippen LogP contribution in [0.25, 0.3) is 0 Å². The molecule has 0 saturated carbocycles. The van der Waals surface area contributed by atoms with Crippen molar-refractivity contribution in [3.8, 4) is 0 Å². The number of hydrogen-bond acceptors (Lipinski definition) is 0. The third-order valence-electron chi connectivity index (χ3n) is 1.32. The Morgan fingerprint density at radius 2 is 2.10 bits per heavy atom. The first kappa shape index (κ1) is 9.22. The third kappa shape index (κ3) is 4.13. The monoisotopic (exact) mass is 136 g/mol. The van der Waals surface area contributed by atoms with Crippen LogP contribution in [0.2, 0.25) is 0 Å². The maximum Gasteiger partial charge on any atom is -0.0311 e. The Labute approximate surface area is 64.0 Å². The minimum absolute atomic E-state index is 1.11. The van der Waals surface area contributed by atoms with Crippen LogP contribution >= 0.6 is 0 Å². The van der Waals surface area contributed by atoms with Gasteiger partial charge in [0.05, 0.1) is 0 Å². The van der Waals surface area contributed by atoms with E-state index >= 15 is 0 Å². The lowest BCUT2D eigenvalue weighted by molar-refractivity contribution is 1.10. The van der Waals surface area contributed by atoms with Gasteiger partial charge < -0.3 is 0 Å². The fourth-order valence-electron chi connectivity index (χ4n) is 0.784. The molecule has 0 heteroatoms. The molecule has 0 aliphatic rings. The van der Waals surface area contributed by atoms with Crippen molar-refractivity contribution in [2.75, 3.05) is 0 Å². The average molecular weight is 136 g/mol. The lowest BCUT2D eigenvalue weighted by atomic mass is 10.1. The lowest BCUT2D eigenvalue weighted by Crippen LogP contribution is -1.72. The molecular formula is C10H16. The van der Waals surface area contributed by atoms with Crippen molar-refractivity contribution in [2.24, 2.45) is 0 Å². The molecule has 0 rings (SSSR count). The van der Waals surface area contributed by atoms with Gasteiger partial charge in [0, 0.05) is 0 Å². The van der Waals surface area contributed by atoms with E-state index in [0.717, 1.165) is 12.8 Å². The van der Waals surface area contributed by atoms with Crippen molar-refractivity contribution in [1.82, 2.24) is 0 Å². The molecule has 0 bridgehead atoms. The molecule has 0 aromatic carbocycles. The predicted molar refractivity (Wildman–Crippen MR) is 48.0 cm³/mol. The summed E-state index contributed by atoms with van der Waals surface area (Å²) in [5, 5.41) is 0. The second-order valence-electron chi connectivity index (χ2n) is 2.14.